The molecule has 0 unspecified atom stereocenters. The maximum Gasteiger partial charge on any atom is 0.245 e. The first-order valence-electron chi connectivity index (χ1n) is 6.32. The predicted molar refractivity (Wildman–Crippen MR) is 78.9 cm³/mol. The topological polar surface area (TPSA) is 70.8 Å². The number of anilines is 1. The number of nitrogens with two attached hydrogens (primary N) is 1. The van der Waals surface area contributed by atoms with Crippen LogP contribution in [0.2, 0.25) is 5.02 Å². The minimum atomic E-state index is 0.309. The van der Waals surface area contributed by atoms with Crippen molar-refractivity contribution in [1.29, 1.82) is 0 Å². The fourth-order valence-corrected chi connectivity index (χ4v) is 3.41. The fourth-order valence-electron chi connectivity index (χ4n) is 2.19. The molecule has 1 aliphatic rings. The number of nitrogens with zero attached hydrogens (tertiary/aromatic N) is 3. The van der Waals surface area contributed by atoms with Crippen LogP contribution in [-0.4, -0.2) is 34.3 Å². The van der Waals surface area contributed by atoms with Crippen molar-refractivity contribution in [2.75, 3.05) is 18.0 Å². The second-order valence-corrected chi connectivity index (χ2v) is 6.13. The Kier molecular flexibility index (Phi) is 3.47. The van der Waals surface area contributed by atoms with E-state index in [-0.39, 0.29) is 0 Å². The maximum atomic E-state index is 6.25. The van der Waals surface area contributed by atoms with Gasteiger partial charge in [0.15, 0.2) is 5.82 Å². The van der Waals surface area contributed by atoms with Gasteiger partial charge in [-0.3, -0.25) is 5.10 Å². The number of H-pyrrole nitrogens is 1. The Hall–Kier alpha value is -1.11. The van der Waals surface area contributed by atoms with Crippen LogP contribution < -0.4 is 10.6 Å². The van der Waals surface area contributed by atoms with Crippen LogP contribution in [0.4, 0.5) is 5.95 Å². The SMILES string of the molecule is Cc1csc(-c2nc(N3CCC(N)CC3)n[nH]2)c1Cl. The maximum absolute atomic E-state index is 6.25. The number of rotatable bonds is 2. The Morgan fingerprint density at radius 1 is 1.47 bits per heavy atom. The van der Waals surface area contributed by atoms with Crippen molar-refractivity contribution in [3.05, 3.63) is 16.0 Å². The molecule has 1 aliphatic heterocycles. The number of piperidine rings is 1. The third-order valence-electron chi connectivity index (χ3n) is 3.41. The van der Waals surface area contributed by atoms with E-state index in [1.54, 1.807) is 11.3 Å². The Bertz CT molecular complexity index is 570. The Morgan fingerprint density at radius 2 is 2.21 bits per heavy atom. The zero-order valence-electron chi connectivity index (χ0n) is 10.7. The summed E-state index contributed by atoms with van der Waals surface area (Å²) in [4.78, 5) is 7.66. The molecule has 3 N–H and O–H groups in total. The Morgan fingerprint density at radius 3 is 2.84 bits per heavy atom. The van der Waals surface area contributed by atoms with E-state index in [0.717, 1.165) is 53.2 Å². The molecule has 1 saturated heterocycles. The number of thiophene rings is 1. The molecule has 0 saturated carbocycles. The van der Waals surface area contributed by atoms with Gasteiger partial charge < -0.3 is 10.6 Å². The van der Waals surface area contributed by atoms with Crippen LogP contribution >= 0.6 is 22.9 Å². The van der Waals surface area contributed by atoms with Crippen LogP contribution in [0, 0.1) is 6.92 Å². The molecule has 0 amide bonds. The van der Waals surface area contributed by atoms with Gasteiger partial charge in [-0.15, -0.1) is 16.4 Å². The van der Waals surface area contributed by atoms with E-state index in [0.29, 0.717) is 6.04 Å². The van der Waals surface area contributed by atoms with Gasteiger partial charge in [0.05, 0.1) is 9.90 Å². The van der Waals surface area contributed by atoms with Crippen molar-refractivity contribution >= 4 is 28.9 Å². The number of aromatic nitrogens is 3. The van der Waals surface area contributed by atoms with Crippen molar-refractivity contribution in [2.24, 2.45) is 5.73 Å². The number of hydrogen-bond acceptors (Lipinski definition) is 5. The molecular formula is C12H16ClN5S. The lowest BCUT2D eigenvalue weighted by atomic mass is 10.1. The molecule has 0 aromatic carbocycles. The summed E-state index contributed by atoms with van der Waals surface area (Å²) in [5, 5.41) is 10.1. The van der Waals surface area contributed by atoms with Gasteiger partial charge in [0, 0.05) is 19.1 Å². The molecule has 2 aromatic rings. The van der Waals surface area contributed by atoms with Crippen LogP contribution in [-0.2, 0) is 0 Å². The lowest BCUT2D eigenvalue weighted by molar-refractivity contribution is 0.496. The molecule has 5 nitrogen and oxygen atoms in total. The van der Waals surface area contributed by atoms with E-state index in [9.17, 15) is 0 Å². The first-order valence-corrected chi connectivity index (χ1v) is 7.58. The highest BCUT2D eigenvalue weighted by atomic mass is 35.5. The van der Waals surface area contributed by atoms with E-state index >= 15 is 0 Å². The Balaban J connectivity index is 1.82. The van der Waals surface area contributed by atoms with Crippen molar-refractivity contribution in [3.63, 3.8) is 0 Å². The minimum Gasteiger partial charge on any atom is -0.339 e. The van der Waals surface area contributed by atoms with Crippen LogP contribution in [0.1, 0.15) is 18.4 Å². The van der Waals surface area contributed by atoms with Crippen LogP contribution in [0.3, 0.4) is 0 Å². The summed E-state index contributed by atoms with van der Waals surface area (Å²) < 4.78 is 0. The highest BCUT2D eigenvalue weighted by Crippen LogP contribution is 2.35. The second kappa shape index (κ2) is 5.11. The van der Waals surface area contributed by atoms with Crippen molar-refractivity contribution in [3.8, 4) is 10.7 Å². The number of aromatic amines is 1. The molecule has 0 spiro atoms. The van der Waals surface area contributed by atoms with E-state index in [2.05, 4.69) is 20.1 Å². The van der Waals surface area contributed by atoms with Gasteiger partial charge in [-0.1, -0.05) is 11.6 Å². The quantitative estimate of drug-likeness (QED) is 0.893. The lowest BCUT2D eigenvalue weighted by Crippen LogP contribution is -2.40. The highest BCUT2D eigenvalue weighted by Gasteiger charge is 2.20. The number of nitrogens with one attached hydrogen (secondary N) is 1. The first-order chi connectivity index (χ1) is 9.15. The average molecular weight is 298 g/mol. The molecule has 0 bridgehead atoms. The third kappa shape index (κ3) is 2.48. The summed E-state index contributed by atoms with van der Waals surface area (Å²) in [7, 11) is 0. The molecule has 3 rings (SSSR count). The highest BCUT2D eigenvalue weighted by molar-refractivity contribution is 7.14. The third-order valence-corrected chi connectivity index (χ3v) is 5.11. The number of hydrogen-bond donors (Lipinski definition) is 2. The zero-order valence-corrected chi connectivity index (χ0v) is 12.3. The fraction of sp³-hybridized carbons (Fsp3) is 0.500. The van der Waals surface area contributed by atoms with Gasteiger partial charge in [0.25, 0.3) is 0 Å². The molecule has 102 valence electrons. The molecule has 0 radical (unpaired) electrons. The zero-order chi connectivity index (χ0) is 13.4. The van der Waals surface area contributed by atoms with Crippen LogP contribution in [0.15, 0.2) is 5.38 Å². The van der Waals surface area contributed by atoms with Gasteiger partial charge in [0.1, 0.15) is 0 Å². The predicted octanol–water partition coefficient (Wildman–Crippen LogP) is 2.42. The lowest BCUT2D eigenvalue weighted by Gasteiger charge is -2.28. The average Bonchev–Trinajstić information content (AvgIpc) is 2.99. The minimum absolute atomic E-state index is 0.309. The van der Waals surface area contributed by atoms with Crippen LogP contribution in [0.5, 0.6) is 0 Å². The van der Waals surface area contributed by atoms with E-state index < -0.39 is 0 Å². The summed E-state index contributed by atoms with van der Waals surface area (Å²) in [6, 6.07) is 0.309. The summed E-state index contributed by atoms with van der Waals surface area (Å²) in [6.07, 6.45) is 1.98. The smallest absolute Gasteiger partial charge is 0.245 e. The normalized spacial score (nSPS) is 17.1. The molecule has 2 aromatic heterocycles. The molecule has 1 fully saturated rings. The molecule has 7 heteroatoms. The summed E-state index contributed by atoms with van der Waals surface area (Å²) >= 11 is 7.84. The summed E-state index contributed by atoms with van der Waals surface area (Å²) in [6.45, 7) is 3.82. The monoisotopic (exact) mass is 297 g/mol. The molecule has 3 heterocycles. The van der Waals surface area contributed by atoms with Crippen LogP contribution in [0.25, 0.3) is 10.7 Å². The van der Waals surface area contributed by atoms with Crippen molar-refractivity contribution in [1.82, 2.24) is 15.2 Å². The molecule has 0 atom stereocenters. The van der Waals surface area contributed by atoms with Gasteiger partial charge in [-0.05, 0) is 30.7 Å². The van der Waals surface area contributed by atoms with Gasteiger partial charge >= 0.3 is 0 Å². The molecular weight excluding hydrogens is 282 g/mol. The molecule has 19 heavy (non-hydrogen) atoms. The van der Waals surface area contributed by atoms with E-state index in [1.165, 1.54) is 0 Å². The largest absolute Gasteiger partial charge is 0.339 e. The summed E-state index contributed by atoms with van der Waals surface area (Å²) in [5.41, 5.74) is 6.98. The van der Waals surface area contributed by atoms with Gasteiger partial charge in [-0.25, -0.2) is 0 Å². The Labute approximate surface area is 120 Å². The second-order valence-electron chi connectivity index (χ2n) is 4.87. The number of halogens is 1. The van der Waals surface area contributed by atoms with E-state index in [1.807, 2.05) is 12.3 Å². The summed E-state index contributed by atoms with van der Waals surface area (Å²) in [5.74, 6) is 1.48. The van der Waals surface area contributed by atoms with Crippen molar-refractivity contribution < 1.29 is 0 Å². The number of aryl methyl sites for hydroxylation is 1. The van der Waals surface area contributed by atoms with E-state index in [4.69, 9.17) is 17.3 Å². The van der Waals surface area contributed by atoms with Gasteiger partial charge in [0.2, 0.25) is 5.95 Å². The van der Waals surface area contributed by atoms with Gasteiger partial charge in [-0.2, -0.15) is 4.98 Å². The first kappa shape index (κ1) is 12.9. The van der Waals surface area contributed by atoms with Crippen molar-refractivity contribution in [2.45, 2.75) is 25.8 Å². The molecule has 0 aliphatic carbocycles. The standard InChI is InChI=1S/C12H16ClN5S/c1-7-6-19-10(9(7)13)11-15-12(17-16-11)18-4-2-8(14)3-5-18/h6,8H,2-5,14H2,1H3,(H,15,16,17).